The third kappa shape index (κ3) is 3.98. The van der Waals surface area contributed by atoms with Gasteiger partial charge in [0.25, 0.3) is 0 Å². The van der Waals surface area contributed by atoms with Crippen LogP contribution >= 0.6 is 12.2 Å². The van der Waals surface area contributed by atoms with E-state index in [0.717, 1.165) is 23.9 Å². The molecule has 1 fully saturated rings. The first-order valence-corrected chi connectivity index (χ1v) is 11.2. The maximum atomic E-state index is 5.83. The molecule has 1 aliphatic heterocycles. The van der Waals surface area contributed by atoms with Crippen LogP contribution in [0.1, 0.15) is 40.3 Å². The third-order valence-corrected chi connectivity index (χ3v) is 6.66. The second-order valence-electron chi connectivity index (χ2n) is 8.50. The number of rotatable bonds is 6. The van der Waals surface area contributed by atoms with Crippen molar-refractivity contribution in [2.75, 3.05) is 27.2 Å². The van der Waals surface area contributed by atoms with Crippen molar-refractivity contribution in [3.05, 3.63) is 82.9 Å². The van der Waals surface area contributed by atoms with Crippen LogP contribution in [-0.4, -0.2) is 51.6 Å². The van der Waals surface area contributed by atoms with Crippen LogP contribution in [0.2, 0.25) is 0 Å². The minimum atomic E-state index is 0.0132. The van der Waals surface area contributed by atoms with Crippen molar-refractivity contribution in [3.8, 4) is 5.69 Å². The van der Waals surface area contributed by atoms with Crippen LogP contribution < -0.4 is 5.32 Å². The summed E-state index contributed by atoms with van der Waals surface area (Å²) in [6.07, 6.45) is 1.86. The minimum Gasteiger partial charge on any atom is -0.352 e. The van der Waals surface area contributed by atoms with Gasteiger partial charge in [0.1, 0.15) is 0 Å². The Morgan fingerprint density at radius 3 is 2.35 bits per heavy atom. The van der Waals surface area contributed by atoms with Crippen molar-refractivity contribution in [1.29, 1.82) is 0 Å². The van der Waals surface area contributed by atoms with Gasteiger partial charge in [0, 0.05) is 41.9 Å². The quantitative estimate of drug-likeness (QED) is 0.586. The zero-order valence-electron chi connectivity index (χ0n) is 19.0. The van der Waals surface area contributed by atoms with Crippen LogP contribution in [0, 0.1) is 20.8 Å². The molecule has 5 nitrogen and oxygen atoms in total. The van der Waals surface area contributed by atoms with Crippen molar-refractivity contribution in [1.82, 2.24) is 24.7 Å². The van der Waals surface area contributed by atoms with E-state index in [1.165, 1.54) is 28.2 Å². The highest BCUT2D eigenvalue weighted by atomic mass is 32.1. The molecule has 31 heavy (non-hydrogen) atoms. The Morgan fingerprint density at radius 2 is 1.71 bits per heavy atom. The lowest BCUT2D eigenvalue weighted by Crippen LogP contribution is -2.35. The van der Waals surface area contributed by atoms with E-state index in [0.29, 0.717) is 0 Å². The molecule has 0 radical (unpaired) electrons. The van der Waals surface area contributed by atoms with E-state index >= 15 is 0 Å². The summed E-state index contributed by atoms with van der Waals surface area (Å²) in [6, 6.07) is 16.8. The largest absolute Gasteiger partial charge is 0.352 e. The SMILES string of the molecule is Cc1c([C@H]2[C@H](c3ccccn3)NC(=S)N2CCN(C)C)c(C)n(-c2ccccc2)c1C. The van der Waals surface area contributed by atoms with Gasteiger partial charge in [0.15, 0.2) is 5.11 Å². The van der Waals surface area contributed by atoms with E-state index in [1.54, 1.807) is 0 Å². The average molecular weight is 434 g/mol. The first kappa shape index (κ1) is 21.5. The van der Waals surface area contributed by atoms with Crippen LogP contribution in [0.4, 0.5) is 0 Å². The van der Waals surface area contributed by atoms with E-state index < -0.39 is 0 Å². The Bertz CT molecular complexity index is 1060. The zero-order valence-corrected chi connectivity index (χ0v) is 19.8. The Balaban J connectivity index is 1.86. The van der Waals surface area contributed by atoms with Crippen molar-refractivity contribution in [2.45, 2.75) is 32.9 Å². The lowest BCUT2D eigenvalue weighted by molar-refractivity contribution is 0.276. The van der Waals surface area contributed by atoms with Crippen molar-refractivity contribution < 1.29 is 0 Å². The van der Waals surface area contributed by atoms with Gasteiger partial charge in [-0.1, -0.05) is 24.3 Å². The zero-order chi connectivity index (χ0) is 22.1. The molecule has 1 saturated heterocycles. The number of para-hydroxylation sites is 1. The predicted octanol–water partition coefficient (Wildman–Crippen LogP) is 4.33. The molecule has 3 heterocycles. The van der Waals surface area contributed by atoms with Crippen LogP contribution in [-0.2, 0) is 0 Å². The first-order valence-electron chi connectivity index (χ1n) is 10.8. The van der Waals surface area contributed by atoms with Crippen molar-refractivity contribution in [3.63, 3.8) is 0 Å². The predicted molar refractivity (Wildman–Crippen MR) is 131 cm³/mol. The standard InChI is InChI=1S/C25H31N5S/c1-17-18(2)30(20-11-7-6-8-12-20)19(3)22(17)24-23(21-13-9-10-14-26-21)27-25(31)29(24)16-15-28(4)5/h6-14,23-24H,15-16H2,1-5H3,(H,27,31)/t23-,24-/m0/s1. The maximum Gasteiger partial charge on any atom is 0.170 e. The molecular weight excluding hydrogens is 402 g/mol. The lowest BCUT2D eigenvalue weighted by atomic mass is 9.93. The molecule has 2 atom stereocenters. The number of benzene rings is 1. The van der Waals surface area contributed by atoms with Gasteiger partial charge >= 0.3 is 0 Å². The van der Waals surface area contributed by atoms with Gasteiger partial charge in [-0.25, -0.2) is 0 Å². The molecule has 2 aromatic heterocycles. The molecular formula is C25H31N5S. The number of thiocarbonyl (C=S) groups is 1. The van der Waals surface area contributed by atoms with Crippen LogP contribution in [0.15, 0.2) is 54.7 Å². The Labute approximate surface area is 190 Å². The highest BCUT2D eigenvalue weighted by Crippen LogP contribution is 2.43. The number of nitrogens with one attached hydrogen (secondary N) is 1. The normalized spacial score (nSPS) is 18.6. The summed E-state index contributed by atoms with van der Waals surface area (Å²) in [5.74, 6) is 0. The molecule has 1 N–H and O–H groups in total. The summed E-state index contributed by atoms with van der Waals surface area (Å²) in [6.45, 7) is 8.46. The number of pyridine rings is 1. The highest BCUT2D eigenvalue weighted by molar-refractivity contribution is 7.80. The number of hydrogen-bond donors (Lipinski definition) is 1. The third-order valence-electron chi connectivity index (χ3n) is 6.30. The molecule has 162 valence electrons. The van der Waals surface area contributed by atoms with Gasteiger partial charge in [-0.15, -0.1) is 0 Å². The van der Waals surface area contributed by atoms with Crippen LogP contribution in [0.5, 0.6) is 0 Å². The van der Waals surface area contributed by atoms with E-state index in [4.69, 9.17) is 12.2 Å². The van der Waals surface area contributed by atoms with E-state index in [9.17, 15) is 0 Å². The Hall–Kier alpha value is -2.70. The molecule has 0 amide bonds. The summed E-state index contributed by atoms with van der Waals surface area (Å²) in [5, 5.41) is 4.38. The van der Waals surface area contributed by atoms with Crippen molar-refractivity contribution in [2.24, 2.45) is 0 Å². The summed E-state index contributed by atoms with van der Waals surface area (Å²) >= 11 is 5.83. The smallest absolute Gasteiger partial charge is 0.170 e. The van der Waals surface area contributed by atoms with Gasteiger partial charge in [0.05, 0.1) is 17.8 Å². The lowest BCUT2D eigenvalue weighted by Gasteiger charge is -2.29. The molecule has 0 spiro atoms. The first-order chi connectivity index (χ1) is 14.9. The second-order valence-corrected chi connectivity index (χ2v) is 8.89. The summed E-state index contributed by atoms with van der Waals surface area (Å²) in [5.41, 5.74) is 7.38. The van der Waals surface area contributed by atoms with E-state index in [-0.39, 0.29) is 12.1 Å². The number of nitrogens with zero attached hydrogens (tertiary/aromatic N) is 4. The molecule has 0 unspecified atom stereocenters. The van der Waals surface area contributed by atoms with Gasteiger partial charge in [-0.3, -0.25) is 4.98 Å². The molecule has 1 aliphatic rings. The molecule has 0 saturated carbocycles. The number of aromatic nitrogens is 2. The minimum absolute atomic E-state index is 0.0132. The van der Waals surface area contributed by atoms with Gasteiger partial charge in [-0.05, 0) is 76.9 Å². The highest BCUT2D eigenvalue weighted by Gasteiger charge is 2.42. The monoisotopic (exact) mass is 433 g/mol. The molecule has 3 aromatic rings. The van der Waals surface area contributed by atoms with Crippen LogP contribution in [0.3, 0.4) is 0 Å². The molecule has 0 aliphatic carbocycles. The van der Waals surface area contributed by atoms with Gasteiger partial charge in [0.2, 0.25) is 0 Å². The fourth-order valence-electron chi connectivity index (χ4n) is 4.67. The van der Waals surface area contributed by atoms with E-state index in [1.807, 2.05) is 18.3 Å². The average Bonchev–Trinajstić information content (AvgIpc) is 3.20. The van der Waals surface area contributed by atoms with Gasteiger partial charge < -0.3 is 19.7 Å². The molecule has 4 rings (SSSR count). The maximum absolute atomic E-state index is 5.83. The Kier molecular flexibility index (Phi) is 6.12. The fourth-order valence-corrected chi connectivity index (χ4v) is 5.01. The number of likely N-dealkylation sites (N-methyl/N-ethyl adjacent to an activating group) is 1. The second kappa shape index (κ2) is 8.81. The molecule has 1 aromatic carbocycles. The topological polar surface area (TPSA) is 36.3 Å². The van der Waals surface area contributed by atoms with E-state index in [2.05, 4.69) is 95.9 Å². The summed E-state index contributed by atoms with van der Waals surface area (Å²) in [4.78, 5) is 9.23. The number of hydrogen-bond acceptors (Lipinski definition) is 3. The summed E-state index contributed by atoms with van der Waals surface area (Å²) in [7, 11) is 4.20. The molecule has 6 heteroatoms. The fraction of sp³-hybridized carbons (Fsp3) is 0.360. The van der Waals surface area contributed by atoms with Gasteiger partial charge in [-0.2, -0.15) is 0 Å². The Morgan fingerprint density at radius 1 is 1.00 bits per heavy atom. The molecule has 0 bridgehead atoms. The van der Waals surface area contributed by atoms with Crippen LogP contribution in [0.25, 0.3) is 5.69 Å². The van der Waals surface area contributed by atoms with Crippen molar-refractivity contribution >= 4 is 17.3 Å². The summed E-state index contributed by atoms with van der Waals surface area (Å²) < 4.78 is 2.37.